The summed E-state index contributed by atoms with van der Waals surface area (Å²) in [6.07, 6.45) is 5.94. The maximum atomic E-state index is 12.4. The number of fused-ring (bicyclic) bond motifs is 1. The Kier molecular flexibility index (Phi) is 5.29. The smallest absolute Gasteiger partial charge is 0.234 e. The molecule has 1 saturated carbocycles. The molecule has 0 bridgehead atoms. The standard InChI is InChI=1S/C20H23N5OS/c21-25-19(15-8-2-1-3-9-15)23-24-20(25)27-13-18(26)22-17-12-6-10-14-7-4-5-11-16(14)17/h4-7,10-12,15H,1-3,8-9,13,21H2,(H,22,26). The Hall–Kier alpha value is -2.54. The fourth-order valence-corrected chi connectivity index (χ4v) is 4.34. The largest absolute Gasteiger partial charge is 0.336 e. The normalized spacial score (nSPS) is 15.1. The molecule has 1 aliphatic rings. The van der Waals surface area contributed by atoms with Gasteiger partial charge in [0.2, 0.25) is 11.1 Å². The Morgan fingerprint density at radius 3 is 2.74 bits per heavy atom. The van der Waals surface area contributed by atoms with Crippen molar-refractivity contribution in [2.24, 2.45) is 0 Å². The lowest BCUT2D eigenvalue weighted by atomic mass is 9.89. The number of nitrogens with one attached hydrogen (secondary N) is 1. The number of nitrogens with two attached hydrogens (primary N) is 1. The van der Waals surface area contributed by atoms with Gasteiger partial charge in [0.1, 0.15) is 0 Å². The number of aromatic nitrogens is 3. The minimum atomic E-state index is -0.0847. The average molecular weight is 382 g/mol. The third kappa shape index (κ3) is 3.93. The number of amides is 1. The van der Waals surface area contributed by atoms with Crippen LogP contribution >= 0.6 is 11.8 Å². The zero-order valence-electron chi connectivity index (χ0n) is 15.1. The molecule has 0 radical (unpaired) electrons. The van der Waals surface area contributed by atoms with E-state index in [2.05, 4.69) is 15.5 Å². The van der Waals surface area contributed by atoms with Crippen LogP contribution in [-0.4, -0.2) is 26.5 Å². The molecule has 0 spiro atoms. The molecule has 6 nitrogen and oxygen atoms in total. The second-order valence-corrected chi connectivity index (χ2v) is 7.85. The fraction of sp³-hybridized carbons (Fsp3) is 0.350. The molecular weight excluding hydrogens is 358 g/mol. The topological polar surface area (TPSA) is 85.8 Å². The Balaban J connectivity index is 1.40. The molecule has 1 amide bonds. The molecule has 140 valence electrons. The van der Waals surface area contributed by atoms with Crippen LogP contribution in [0.25, 0.3) is 10.8 Å². The molecular formula is C20H23N5OS. The van der Waals surface area contributed by atoms with E-state index in [4.69, 9.17) is 5.84 Å². The maximum Gasteiger partial charge on any atom is 0.234 e. The van der Waals surface area contributed by atoms with Gasteiger partial charge in [0, 0.05) is 17.0 Å². The van der Waals surface area contributed by atoms with E-state index < -0.39 is 0 Å². The van der Waals surface area contributed by atoms with Crippen molar-refractivity contribution in [3.63, 3.8) is 0 Å². The number of rotatable bonds is 5. The monoisotopic (exact) mass is 381 g/mol. The Bertz CT molecular complexity index is 943. The lowest BCUT2D eigenvalue weighted by molar-refractivity contribution is -0.113. The zero-order chi connectivity index (χ0) is 18.6. The highest BCUT2D eigenvalue weighted by molar-refractivity contribution is 7.99. The van der Waals surface area contributed by atoms with Gasteiger partial charge in [-0.05, 0) is 24.3 Å². The third-order valence-corrected chi connectivity index (χ3v) is 6.00. The second kappa shape index (κ2) is 8.00. The summed E-state index contributed by atoms with van der Waals surface area (Å²) in [5, 5.41) is 14.2. The molecule has 1 fully saturated rings. The maximum absolute atomic E-state index is 12.4. The van der Waals surface area contributed by atoms with E-state index in [1.165, 1.54) is 31.0 Å². The van der Waals surface area contributed by atoms with Gasteiger partial charge in [-0.2, -0.15) is 0 Å². The minimum Gasteiger partial charge on any atom is -0.336 e. The highest BCUT2D eigenvalue weighted by Gasteiger charge is 2.22. The van der Waals surface area contributed by atoms with Crippen LogP contribution in [-0.2, 0) is 4.79 Å². The van der Waals surface area contributed by atoms with Crippen LogP contribution in [0.5, 0.6) is 0 Å². The number of hydrogen-bond donors (Lipinski definition) is 2. The molecule has 0 saturated heterocycles. The molecule has 1 heterocycles. The number of nitrogens with zero attached hydrogens (tertiary/aromatic N) is 3. The first-order valence-corrected chi connectivity index (χ1v) is 10.3. The van der Waals surface area contributed by atoms with Crippen LogP contribution in [0.3, 0.4) is 0 Å². The average Bonchev–Trinajstić information content (AvgIpc) is 3.08. The van der Waals surface area contributed by atoms with E-state index in [-0.39, 0.29) is 11.7 Å². The van der Waals surface area contributed by atoms with Gasteiger partial charge in [-0.3, -0.25) is 4.79 Å². The van der Waals surface area contributed by atoms with Crippen LogP contribution in [0.4, 0.5) is 5.69 Å². The summed E-state index contributed by atoms with van der Waals surface area (Å²) >= 11 is 1.32. The lowest BCUT2D eigenvalue weighted by Crippen LogP contribution is -2.19. The number of anilines is 1. The highest BCUT2D eigenvalue weighted by Crippen LogP contribution is 2.32. The van der Waals surface area contributed by atoms with Gasteiger partial charge < -0.3 is 11.2 Å². The molecule has 1 aromatic heterocycles. The summed E-state index contributed by atoms with van der Waals surface area (Å²) in [5.74, 6) is 7.56. The molecule has 2 aromatic carbocycles. The van der Waals surface area contributed by atoms with Gasteiger partial charge in [0.25, 0.3) is 0 Å². The van der Waals surface area contributed by atoms with Gasteiger partial charge in [-0.1, -0.05) is 67.4 Å². The third-order valence-electron chi connectivity index (χ3n) is 5.06. The summed E-state index contributed by atoms with van der Waals surface area (Å²) in [6.45, 7) is 0. The first kappa shape index (κ1) is 17.9. The molecule has 4 rings (SSSR count). The number of thioether (sulfide) groups is 1. The summed E-state index contributed by atoms with van der Waals surface area (Å²) in [4.78, 5) is 12.4. The number of benzene rings is 2. The van der Waals surface area contributed by atoms with E-state index in [1.807, 2.05) is 42.5 Å². The van der Waals surface area contributed by atoms with Crippen LogP contribution in [0.1, 0.15) is 43.8 Å². The van der Waals surface area contributed by atoms with Crippen LogP contribution in [0.15, 0.2) is 47.6 Å². The molecule has 7 heteroatoms. The molecule has 3 aromatic rings. The molecule has 0 aliphatic heterocycles. The number of hydrogen-bond acceptors (Lipinski definition) is 5. The summed E-state index contributed by atoms with van der Waals surface area (Å²) in [5.41, 5.74) is 0.816. The van der Waals surface area contributed by atoms with Crippen molar-refractivity contribution in [2.45, 2.75) is 43.2 Å². The Morgan fingerprint density at radius 1 is 1.11 bits per heavy atom. The SMILES string of the molecule is Nn1c(SCC(=O)Nc2cccc3ccccc23)nnc1C1CCCCC1. The molecule has 1 aliphatic carbocycles. The highest BCUT2D eigenvalue weighted by atomic mass is 32.2. The van der Waals surface area contributed by atoms with Crippen molar-refractivity contribution < 1.29 is 4.79 Å². The quantitative estimate of drug-likeness (QED) is 0.517. The summed E-state index contributed by atoms with van der Waals surface area (Å²) < 4.78 is 1.56. The number of carbonyl (C=O) groups is 1. The predicted molar refractivity (Wildman–Crippen MR) is 109 cm³/mol. The molecule has 0 atom stereocenters. The minimum absolute atomic E-state index is 0.0847. The molecule has 27 heavy (non-hydrogen) atoms. The molecule has 3 N–H and O–H groups in total. The van der Waals surface area contributed by atoms with Crippen molar-refractivity contribution in [3.8, 4) is 0 Å². The van der Waals surface area contributed by atoms with Crippen molar-refractivity contribution >= 4 is 34.1 Å². The van der Waals surface area contributed by atoms with Crippen molar-refractivity contribution in [1.29, 1.82) is 0 Å². The Labute approximate surface area is 162 Å². The number of nitrogen functional groups attached to an aromatic ring is 1. The van der Waals surface area contributed by atoms with E-state index in [0.29, 0.717) is 11.1 Å². The van der Waals surface area contributed by atoms with Crippen molar-refractivity contribution in [3.05, 3.63) is 48.3 Å². The number of carbonyl (C=O) groups excluding carboxylic acids is 1. The summed E-state index contributed by atoms with van der Waals surface area (Å²) in [6, 6.07) is 13.9. The Morgan fingerprint density at radius 2 is 1.89 bits per heavy atom. The van der Waals surface area contributed by atoms with Gasteiger partial charge in [0.05, 0.1) is 5.75 Å². The zero-order valence-corrected chi connectivity index (χ0v) is 15.9. The summed E-state index contributed by atoms with van der Waals surface area (Å²) in [7, 11) is 0. The van der Waals surface area contributed by atoms with Crippen molar-refractivity contribution in [2.75, 3.05) is 16.9 Å². The van der Waals surface area contributed by atoms with Gasteiger partial charge >= 0.3 is 0 Å². The van der Waals surface area contributed by atoms with Crippen LogP contribution < -0.4 is 11.2 Å². The predicted octanol–water partition coefficient (Wildman–Crippen LogP) is 3.92. The lowest BCUT2D eigenvalue weighted by Gasteiger charge is -2.20. The molecule has 0 unspecified atom stereocenters. The van der Waals surface area contributed by atoms with Crippen LogP contribution in [0, 0.1) is 0 Å². The van der Waals surface area contributed by atoms with Gasteiger partial charge in [-0.25, -0.2) is 4.68 Å². The first-order valence-electron chi connectivity index (χ1n) is 9.33. The van der Waals surface area contributed by atoms with E-state index in [9.17, 15) is 4.79 Å². The van der Waals surface area contributed by atoms with E-state index in [0.717, 1.165) is 35.1 Å². The fourth-order valence-electron chi connectivity index (χ4n) is 3.68. The van der Waals surface area contributed by atoms with Crippen molar-refractivity contribution in [1.82, 2.24) is 14.9 Å². The van der Waals surface area contributed by atoms with E-state index in [1.54, 1.807) is 4.68 Å². The second-order valence-electron chi connectivity index (χ2n) is 6.91. The first-order chi connectivity index (χ1) is 13.2. The van der Waals surface area contributed by atoms with Crippen LogP contribution in [0.2, 0.25) is 0 Å². The van der Waals surface area contributed by atoms with Gasteiger partial charge in [0.15, 0.2) is 5.82 Å². The van der Waals surface area contributed by atoms with Gasteiger partial charge in [-0.15, -0.1) is 10.2 Å². The van der Waals surface area contributed by atoms with E-state index >= 15 is 0 Å².